The Morgan fingerprint density at radius 2 is 2.00 bits per heavy atom. The van der Waals surface area contributed by atoms with Gasteiger partial charge in [0.25, 0.3) is 0 Å². The van der Waals surface area contributed by atoms with Crippen LogP contribution in [0.5, 0.6) is 0 Å². The van der Waals surface area contributed by atoms with Crippen molar-refractivity contribution in [1.29, 1.82) is 0 Å². The van der Waals surface area contributed by atoms with Crippen molar-refractivity contribution in [2.24, 2.45) is 23.2 Å². The number of carbonyl (C=O) groups is 1. The third-order valence-corrected chi connectivity index (χ3v) is 8.00. The van der Waals surface area contributed by atoms with Gasteiger partial charge in [-0.15, -0.1) is 0 Å². The molecule has 3 aromatic rings. The summed E-state index contributed by atoms with van der Waals surface area (Å²) in [6.07, 6.45) is 6.31. The number of aliphatic imine (C=N–C) groups is 1. The van der Waals surface area contributed by atoms with Gasteiger partial charge < -0.3 is 5.73 Å². The van der Waals surface area contributed by atoms with E-state index in [1.807, 2.05) is 49.9 Å². The van der Waals surface area contributed by atoms with E-state index in [1.54, 1.807) is 30.3 Å². The summed E-state index contributed by atoms with van der Waals surface area (Å²) in [5, 5.41) is 5.48. The molecule has 1 unspecified atom stereocenters. The molecule has 1 aliphatic carbocycles. The number of hydrogen-bond donors (Lipinski definition) is 1. The highest BCUT2D eigenvalue weighted by Crippen LogP contribution is 2.48. The average Bonchev–Trinajstić information content (AvgIpc) is 3.20. The normalized spacial score (nSPS) is 22.2. The number of nitrogens with two attached hydrogens (primary N) is 1. The van der Waals surface area contributed by atoms with Crippen molar-refractivity contribution in [3.8, 4) is 0 Å². The van der Waals surface area contributed by atoms with Gasteiger partial charge >= 0.3 is 0 Å². The van der Waals surface area contributed by atoms with E-state index in [0.29, 0.717) is 36.5 Å². The number of benzene rings is 1. The number of aryl methyl sites for hydroxylation is 3. The summed E-state index contributed by atoms with van der Waals surface area (Å²) >= 11 is 1.61. The predicted octanol–water partition coefficient (Wildman–Crippen LogP) is 5.10. The molecular weight excluding hydrogens is 487 g/mol. The Balaban J connectivity index is 1.57. The molecule has 3 heterocycles. The van der Waals surface area contributed by atoms with Gasteiger partial charge in [-0.05, 0) is 105 Å². The van der Waals surface area contributed by atoms with Crippen LogP contribution in [0.25, 0.3) is 0 Å². The van der Waals surface area contributed by atoms with E-state index in [9.17, 15) is 9.18 Å². The second kappa shape index (κ2) is 10.1. The molecule has 1 aromatic carbocycles. The summed E-state index contributed by atoms with van der Waals surface area (Å²) in [4.78, 5) is 23.4. The van der Waals surface area contributed by atoms with Gasteiger partial charge in [-0.3, -0.25) is 14.5 Å². The molecule has 2 N–H and O–H groups in total. The minimum Gasteiger partial charge on any atom is -0.404 e. The SMILES string of the molecule is Cc1ccnc(C(=O)C23CC(=CN)C(=Nc4ccc(F)cc4)C=C2CCN(Sc2cc(C)nn2C)C3)c1. The number of fused-ring (bicyclic) bond motifs is 1. The smallest absolute Gasteiger partial charge is 0.193 e. The van der Waals surface area contributed by atoms with E-state index < -0.39 is 5.41 Å². The van der Waals surface area contributed by atoms with Crippen LogP contribution in [0.15, 0.2) is 82.1 Å². The van der Waals surface area contributed by atoms with Crippen LogP contribution in [0.2, 0.25) is 0 Å². The van der Waals surface area contributed by atoms with Crippen LogP contribution in [0, 0.1) is 25.1 Å². The molecule has 190 valence electrons. The fraction of sp³-hybridized carbons (Fsp3) is 0.286. The molecule has 1 atom stereocenters. The number of nitrogens with zero attached hydrogens (tertiary/aromatic N) is 5. The molecule has 0 spiro atoms. The lowest BCUT2D eigenvalue weighted by Crippen LogP contribution is -2.49. The zero-order valence-electron chi connectivity index (χ0n) is 21.1. The fourth-order valence-corrected chi connectivity index (χ4v) is 6.12. The second-order valence-electron chi connectivity index (χ2n) is 9.59. The van der Waals surface area contributed by atoms with E-state index in [0.717, 1.165) is 34.0 Å². The molecule has 7 nitrogen and oxygen atoms in total. The standard InChI is InChI=1S/C28H29FN6OS/c1-18-8-10-31-25(12-18)27(36)28-15-20(16-30)24(32-23-6-4-22(29)5-7-23)14-21(28)9-11-35(17-28)37-26-13-19(2)33-34(26)3/h4-8,10,12-14,16H,9,11,15,17,30H2,1-3H3. The maximum absolute atomic E-state index is 14.2. The van der Waals surface area contributed by atoms with Crippen LogP contribution in [0.3, 0.4) is 0 Å². The van der Waals surface area contributed by atoms with Crippen LogP contribution in [0.4, 0.5) is 10.1 Å². The van der Waals surface area contributed by atoms with Crippen LogP contribution in [-0.2, 0) is 7.05 Å². The minimum absolute atomic E-state index is 0.0193. The monoisotopic (exact) mass is 516 g/mol. The fourth-order valence-electron chi connectivity index (χ4n) is 5.01. The van der Waals surface area contributed by atoms with Gasteiger partial charge in [0.05, 0.1) is 22.5 Å². The second-order valence-corrected chi connectivity index (χ2v) is 10.7. The van der Waals surface area contributed by atoms with E-state index in [-0.39, 0.29) is 11.6 Å². The highest BCUT2D eigenvalue weighted by atomic mass is 32.2. The summed E-state index contributed by atoms with van der Waals surface area (Å²) in [5.74, 6) is -0.335. The number of rotatable bonds is 5. The first kappa shape index (κ1) is 25.1. The lowest BCUT2D eigenvalue weighted by Gasteiger charge is -2.45. The number of pyridine rings is 1. The number of halogens is 1. The van der Waals surface area contributed by atoms with Crippen LogP contribution in [-0.4, -0.2) is 43.7 Å². The maximum atomic E-state index is 14.2. The molecule has 37 heavy (non-hydrogen) atoms. The van der Waals surface area contributed by atoms with E-state index >= 15 is 0 Å². The van der Waals surface area contributed by atoms with Crippen molar-refractivity contribution in [3.63, 3.8) is 0 Å². The van der Waals surface area contributed by atoms with Gasteiger partial charge in [0.2, 0.25) is 0 Å². The van der Waals surface area contributed by atoms with Crippen LogP contribution >= 0.6 is 11.9 Å². The van der Waals surface area contributed by atoms with Gasteiger partial charge in [0.1, 0.15) is 16.5 Å². The first-order valence-electron chi connectivity index (χ1n) is 12.1. The Morgan fingerprint density at radius 3 is 2.68 bits per heavy atom. The lowest BCUT2D eigenvalue weighted by molar-refractivity contribution is 0.0776. The number of piperidine rings is 1. The molecule has 2 aromatic heterocycles. The highest BCUT2D eigenvalue weighted by Gasteiger charge is 2.49. The number of hydrogen-bond acceptors (Lipinski definition) is 7. The number of Topliss-reactive ketones (excluding diaryl/α,β-unsaturated/α-hetero) is 1. The van der Waals surface area contributed by atoms with Crippen LogP contribution in [0.1, 0.15) is 34.6 Å². The molecule has 1 fully saturated rings. The van der Waals surface area contributed by atoms with Gasteiger partial charge in [-0.1, -0.05) is 5.57 Å². The Morgan fingerprint density at radius 1 is 1.22 bits per heavy atom. The Labute approximate surface area is 220 Å². The summed E-state index contributed by atoms with van der Waals surface area (Å²) in [5.41, 5.74) is 10.8. The molecule has 0 radical (unpaired) electrons. The van der Waals surface area contributed by atoms with E-state index in [1.165, 1.54) is 18.3 Å². The first-order chi connectivity index (χ1) is 17.8. The molecule has 1 saturated heterocycles. The maximum Gasteiger partial charge on any atom is 0.193 e. The Kier molecular flexibility index (Phi) is 6.83. The summed E-state index contributed by atoms with van der Waals surface area (Å²) in [6, 6.07) is 11.8. The minimum atomic E-state index is -0.827. The lowest BCUT2D eigenvalue weighted by atomic mass is 9.64. The molecule has 9 heteroatoms. The average molecular weight is 517 g/mol. The Bertz CT molecular complexity index is 1440. The van der Waals surface area contributed by atoms with Crippen molar-refractivity contribution < 1.29 is 9.18 Å². The van der Waals surface area contributed by atoms with Gasteiger partial charge in [-0.25, -0.2) is 13.7 Å². The van der Waals surface area contributed by atoms with Gasteiger partial charge in [0, 0.05) is 26.3 Å². The molecule has 5 rings (SSSR count). The van der Waals surface area contributed by atoms with Gasteiger partial charge in [0.15, 0.2) is 5.78 Å². The summed E-state index contributed by atoms with van der Waals surface area (Å²) in [7, 11) is 1.93. The van der Waals surface area contributed by atoms with Crippen molar-refractivity contribution in [1.82, 2.24) is 19.1 Å². The van der Waals surface area contributed by atoms with Crippen LogP contribution < -0.4 is 5.73 Å². The third kappa shape index (κ3) is 5.01. The quantitative estimate of drug-likeness (QED) is 0.375. The summed E-state index contributed by atoms with van der Waals surface area (Å²) in [6.45, 7) is 5.20. The number of aromatic nitrogens is 3. The van der Waals surface area contributed by atoms with E-state index in [4.69, 9.17) is 10.7 Å². The number of carbonyl (C=O) groups excluding carboxylic acids is 1. The summed E-state index contributed by atoms with van der Waals surface area (Å²) < 4.78 is 17.5. The predicted molar refractivity (Wildman–Crippen MR) is 144 cm³/mol. The van der Waals surface area contributed by atoms with E-state index in [2.05, 4.69) is 14.4 Å². The molecular formula is C28H29FN6OS. The van der Waals surface area contributed by atoms with Crippen molar-refractivity contribution >= 4 is 29.1 Å². The molecule has 1 aliphatic heterocycles. The van der Waals surface area contributed by atoms with Gasteiger partial charge in [-0.2, -0.15) is 5.10 Å². The Hall–Kier alpha value is -3.56. The molecule has 0 bridgehead atoms. The zero-order chi connectivity index (χ0) is 26.2. The number of ketones is 1. The molecule has 0 amide bonds. The molecule has 0 saturated carbocycles. The highest BCUT2D eigenvalue weighted by molar-refractivity contribution is 7.97. The zero-order valence-corrected chi connectivity index (χ0v) is 21.9. The van der Waals surface area contributed by atoms with Crippen molar-refractivity contribution in [2.75, 3.05) is 13.1 Å². The largest absolute Gasteiger partial charge is 0.404 e. The van der Waals surface area contributed by atoms with Crippen molar-refractivity contribution in [2.45, 2.75) is 31.7 Å². The number of allylic oxidation sites excluding steroid dienone is 2. The first-order valence-corrected chi connectivity index (χ1v) is 12.9. The third-order valence-electron chi connectivity index (χ3n) is 6.87. The topological polar surface area (TPSA) is 89.4 Å². The van der Waals surface area contributed by atoms with Crippen molar-refractivity contribution in [3.05, 3.63) is 94.9 Å². The molecule has 2 aliphatic rings.